The fraction of sp³-hybridized carbons (Fsp3) is 0.143. The molecular weight excluding hydrogens is 373 g/mol. The molecule has 0 aliphatic carbocycles. The summed E-state index contributed by atoms with van der Waals surface area (Å²) in [4.78, 5) is 33.4. The Labute approximate surface area is 165 Å². The lowest BCUT2D eigenvalue weighted by atomic mass is 10.1. The SMILES string of the molecule is CC(NC(=O)Cc1ccc(F)cc1)c1cc(=O)n2[nH]c(-c3cccnc3)cc2n1. The van der Waals surface area contributed by atoms with Crippen molar-refractivity contribution in [2.45, 2.75) is 19.4 Å². The van der Waals surface area contributed by atoms with Crippen LogP contribution < -0.4 is 10.9 Å². The monoisotopic (exact) mass is 391 g/mol. The Bertz CT molecular complexity index is 1220. The van der Waals surface area contributed by atoms with Gasteiger partial charge in [-0.1, -0.05) is 12.1 Å². The number of nitrogens with one attached hydrogen (secondary N) is 2. The molecule has 0 bridgehead atoms. The number of amides is 1. The van der Waals surface area contributed by atoms with Gasteiger partial charge in [-0.15, -0.1) is 0 Å². The van der Waals surface area contributed by atoms with Crippen LogP contribution >= 0.6 is 0 Å². The fourth-order valence-electron chi connectivity index (χ4n) is 3.06. The van der Waals surface area contributed by atoms with Crippen LogP contribution in [0, 0.1) is 5.82 Å². The number of H-pyrrole nitrogens is 1. The molecule has 3 aromatic heterocycles. The van der Waals surface area contributed by atoms with E-state index in [1.54, 1.807) is 43.6 Å². The Morgan fingerprint density at radius 3 is 2.76 bits per heavy atom. The van der Waals surface area contributed by atoms with Crippen molar-refractivity contribution in [3.63, 3.8) is 0 Å². The van der Waals surface area contributed by atoms with Crippen LogP contribution in [0.3, 0.4) is 0 Å². The van der Waals surface area contributed by atoms with Gasteiger partial charge in [-0.25, -0.2) is 13.9 Å². The normalized spacial score (nSPS) is 12.1. The van der Waals surface area contributed by atoms with E-state index in [1.807, 2.05) is 6.07 Å². The molecule has 4 rings (SSSR count). The third-order valence-corrected chi connectivity index (χ3v) is 4.54. The number of aromatic nitrogens is 4. The molecule has 1 atom stereocenters. The van der Waals surface area contributed by atoms with Gasteiger partial charge in [0, 0.05) is 30.1 Å². The molecule has 29 heavy (non-hydrogen) atoms. The van der Waals surface area contributed by atoms with E-state index in [0.717, 1.165) is 5.56 Å². The molecule has 0 fully saturated rings. The molecule has 3 heterocycles. The van der Waals surface area contributed by atoms with E-state index in [9.17, 15) is 14.0 Å². The first-order chi connectivity index (χ1) is 14.0. The summed E-state index contributed by atoms with van der Waals surface area (Å²) in [5.41, 5.74) is 2.88. The van der Waals surface area contributed by atoms with E-state index < -0.39 is 6.04 Å². The van der Waals surface area contributed by atoms with E-state index in [2.05, 4.69) is 20.4 Å². The number of aromatic amines is 1. The van der Waals surface area contributed by atoms with Crippen molar-refractivity contribution in [2.24, 2.45) is 0 Å². The average Bonchev–Trinajstić information content (AvgIpc) is 3.15. The number of rotatable bonds is 5. The van der Waals surface area contributed by atoms with Gasteiger partial charge in [0.1, 0.15) is 5.82 Å². The molecule has 0 aliphatic rings. The topological polar surface area (TPSA) is 92.2 Å². The minimum absolute atomic E-state index is 0.112. The van der Waals surface area contributed by atoms with Crippen molar-refractivity contribution in [3.8, 4) is 11.3 Å². The minimum atomic E-state index is -0.461. The highest BCUT2D eigenvalue weighted by Gasteiger charge is 2.15. The Hall–Kier alpha value is -3.81. The van der Waals surface area contributed by atoms with Gasteiger partial charge >= 0.3 is 0 Å². The van der Waals surface area contributed by atoms with Crippen LogP contribution in [-0.2, 0) is 11.2 Å². The summed E-state index contributed by atoms with van der Waals surface area (Å²) in [5, 5.41) is 5.83. The summed E-state index contributed by atoms with van der Waals surface area (Å²) in [7, 11) is 0. The molecule has 0 saturated heterocycles. The Morgan fingerprint density at radius 2 is 2.03 bits per heavy atom. The first kappa shape index (κ1) is 18.5. The Kier molecular flexibility index (Phi) is 4.90. The molecule has 0 spiro atoms. The molecule has 1 aromatic carbocycles. The van der Waals surface area contributed by atoms with Gasteiger partial charge in [-0.2, -0.15) is 0 Å². The summed E-state index contributed by atoms with van der Waals surface area (Å²) in [6, 6.07) is 12.1. The van der Waals surface area contributed by atoms with Crippen LogP contribution in [-0.4, -0.2) is 25.5 Å². The second-order valence-electron chi connectivity index (χ2n) is 6.72. The van der Waals surface area contributed by atoms with E-state index in [4.69, 9.17) is 0 Å². The minimum Gasteiger partial charge on any atom is -0.348 e. The van der Waals surface area contributed by atoms with Crippen LogP contribution in [0.15, 0.2) is 65.7 Å². The number of fused-ring (bicyclic) bond motifs is 1. The smallest absolute Gasteiger partial charge is 0.272 e. The van der Waals surface area contributed by atoms with Gasteiger partial charge in [-0.05, 0) is 36.8 Å². The summed E-state index contributed by atoms with van der Waals surface area (Å²) >= 11 is 0. The number of pyridine rings is 1. The molecule has 2 N–H and O–H groups in total. The van der Waals surface area contributed by atoms with Gasteiger partial charge in [-0.3, -0.25) is 19.7 Å². The molecule has 0 saturated carbocycles. The van der Waals surface area contributed by atoms with Crippen LogP contribution in [0.25, 0.3) is 16.9 Å². The first-order valence-corrected chi connectivity index (χ1v) is 9.06. The zero-order valence-electron chi connectivity index (χ0n) is 15.6. The van der Waals surface area contributed by atoms with Crippen LogP contribution in [0.5, 0.6) is 0 Å². The van der Waals surface area contributed by atoms with E-state index in [0.29, 0.717) is 22.6 Å². The second kappa shape index (κ2) is 7.67. The molecule has 8 heteroatoms. The average molecular weight is 391 g/mol. The lowest BCUT2D eigenvalue weighted by Crippen LogP contribution is -2.30. The first-order valence-electron chi connectivity index (χ1n) is 9.06. The molecule has 1 amide bonds. The van der Waals surface area contributed by atoms with Crippen molar-refractivity contribution in [2.75, 3.05) is 0 Å². The zero-order valence-corrected chi connectivity index (χ0v) is 15.6. The number of halogens is 1. The van der Waals surface area contributed by atoms with Crippen molar-refractivity contribution in [3.05, 3.63) is 88.4 Å². The summed E-state index contributed by atoms with van der Waals surface area (Å²) in [5.74, 6) is -0.589. The van der Waals surface area contributed by atoms with Crippen LogP contribution in [0.4, 0.5) is 4.39 Å². The number of nitrogens with zero attached hydrogens (tertiary/aromatic N) is 3. The van der Waals surface area contributed by atoms with Crippen LogP contribution in [0.1, 0.15) is 24.2 Å². The number of carbonyl (C=O) groups excluding carboxylic acids is 1. The van der Waals surface area contributed by atoms with E-state index in [1.165, 1.54) is 22.7 Å². The number of carbonyl (C=O) groups is 1. The maximum atomic E-state index is 13.0. The zero-order chi connectivity index (χ0) is 20.4. The van der Waals surface area contributed by atoms with Crippen LogP contribution in [0.2, 0.25) is 0 Å². The van der Waals surface area contributed by atoms with Gasteiger partial charge < -0.3 is 5.32 Å². The van der Waals surface area contributed by atoms with E-state index >= 15 is 0 Å². The predicted molar refractivity (Wildman–Crippen MR) is 106 cm³/mol. The predicted octanol–water partition coefficient (Wildman–Crippen LogP) is 2.64. The lowest BCUT2D eigenvalue weighted by molar-refractivity contribution is -0.121. The van der Waals surface area contributed by atoms with Crippen molar-refractivity contribution < 1.29 is 9.18 Å². The van der Waals surface area contributed by atoms with Crippen molar-refractivity contribution in [1.82, 2.24) is 24.9 Å². The highest BCUT2D eigenvalue weighted by Crippen LogP contribution is 2.18. The molecule has 4 aromatic rings. The highest BCUT2D eigenvalue weighted by atomic mass is 19.1. The summed E-state index contributed by atoms with van der Waals surface area (Å²) < 4.78 is 14.3. The number of hydrogen-bond acceptors (Lipinski definition) is 4. The van der Waals surface area contributed by atoms with Gasteiger partial charge in [0.2, 0.25) is 5.91 Å². The molecule has 0 radical (unpaired) electrons. The molecule has 0 aliphatic heterocycles. The standard InChI is InChI=1S/C21H18FN5O2/c1-13(24-20(28)9-14-4-6-16(22)7-5-14)17-11-21(29)27-19(25-17)10-18(26-27)15-3-2-8-23-12-15/h2-8,10-13,26H,9H2,1H3,(H,24,28). The van der Waals surface area contributed by atoms with Crippen molar-refractivity contribution in [1.29, 1.82) is 0 Å². The van der Waals surface area contributed by atoms with Gasteiger partial charge in [0.25, 0.3) is 5.56 Å². The Balaban J connectivity index is 1.54. The number of benzene rings is 1. The third-order valence-electron chi connectivity index (χ3n) is 4.54. The quantitative estimate of drug-likeness (QED) is 0.547. The molecular formula is C21H18FN5O2. The van der Waals surface area contributed by atoms with Crippen molar-refractivity contribution >= 4 is 11.6 Å². The van der Waals surface area contributed by atoms with Gasteiger partial charge in [0.15, 0.2) is 5.65 Å². The fourth-order valence-corrected chi connectivity index (χ4v) is 3.06. The third kappa shape index (κ3) is 4.06. The maximum Gasteiger partial charge on any atom is 0.272 e. The lowest BCUT2D eigenvalue weighted by Gasteiger charge is -2.13. The second-order valence-corrected chi connectivity index (χ2v) is 6.72. The largest absolute Gasteiger partial charge is 0.348 e. The van der Waals surface area contributed by atoms with Gasteiger partial charge in [0.05, 0.1) is 23.9 Å². The molecule has 1 unspecified atom stereocenters. The number of hydrogen-bond donors (Lipinski definition) is 2. The summed E-state index contributed by atoms with van der Waals surface area (Å²) in [6.45, 7) is 1.76. The molecule has 146 valence electrons. The maximum absolute atomic E-state index is 13.0. The highest BCUT2D eigenvalue weighted by molar-refractivity contribution is 5.79. The summed E-state index contributed by atoms with van der Waals surface area (Å²) in [6.07, 6.45) is 3.47. The van der Waals surface area contributed by atoms with E-state index in [-0.39, 0.29) is 23.7 Å². The Morgan fingerprint density at radius 1 is 1.24 bits per heavy atom. The molecule has 7 nitrogen and oxygen atoms in total.